The topological polar surface area (TPSA) is 57.0 Å². The van der Waals surface area contributed by atoms with Crippen molar-refractivity contribution < 1.29 is 14.0 Å². The first kappa shape index (κ1) is 21.2. The second kappa shape index (κ2) is 9.83. The smallest absolute Gasteiger partial charge is 0.257 e. The molecule has 6 nitrogen and oxygen atoms in total. The van der Waals surface area contributed by atoms with Gasteiger partial charge in [0.2, 0.25) is 5.91 Å². The Morgan fingerprint density at radius 3 is 2.45 bits per heavy atom. The van der Waals surface area contributed by atoms with E-state index in [9.17, 15) is 9.59 Å². The maximum atomic E-state index is 12.8. The second-order valence-electron chi connectivity index (χ2n) is 7.25. The number of para-hydroxylation sites is 1. The molecule has 1 aliphatic heterocycles. The van der Waals surface area contributed by atoms with Crippen molar-refractivity contribution in [3.05, 3.63) is 52.9 Å². The monoisotopic (exact) mass is 417 g/mol. The number of aryl methyl sites for hydroxylation is 1. The zero-order chi connectivity index (χ0) is 20.8. The van der Waals surface area contributed by atoms with Gasteiger partial charge in [0.25, 0.3) is 5.91 Å². The Kier molecular flexibility index (Phi) is 7.20. The minimum Gasteiger partial charge on any atom is -0.469 e. The number of hydrogen-bond donors (Lipinski definition) is 0. The highest BCUT2D eigenvalue weighted by atomic mass is 35.5. The second-order valence-corrected chi connectivity index (χ2v) is 7.66. The SMILES string of the molecule is CCCN(CCC(=O)N1CCN(c2ccccc2Cl)CC1)C(=O)c1ccoc1C. The average molecular weight is 418 g/mol. The maximum Gasteiger partial charge on any atom is 0.257 e. The molecule has 0 bridgehead atoms. The van der Waals surface area contributed by atoms with Crippen LogP contribution in [0.15, 0.2) is 41.0 Å². The number of anilines is 1. The van der Waals surface area contributed by atoms with Crippen LogP contribution >= 0.6 is 11.6 Å². The quantitative estimate of drug-likeness (QED) is 0.687. The van der Waals surface area contributed by atoms with Gasteiger partial charge in [-0.15, -0.1) is 0 Å². The summed E-state index contributed by atoms with van der Waals surface area (Å²) in [7, 11) is 0. The highest BCUT2D eigenvalue weighted by molar-refractivity contribution is 6.33. The third-order valence-electron chi connectivity index (χ3n) is 5.29. The summed E-state index contributed by atoms with van der Waals surface area (Å²) in [5.41, 5.74) is 1.58. The van der Waals surface area contributed by atoms with Gasteiger partial charge in [-0.05, 0) is 31.5 Å². The largest absolute Gasteiger partial charge is 0.469 e. The van der Waals surface area contributed by atoms with Crippen molar-refractivity contribution >= 4 is 29.1 Å². The van der Waals surface area contributed by atoms with Gasteiger partial charge in [-0.2, -0.15) is 0 Å². The Hall–Kier alpha value is -2.47. The van der Waals surface area contributed by atoms with Crippen molar-refractivity contribution in [3.8, 4) is 0 Å². The van der Waals surface area contributed by atoms with Gasteiger partial charge in [-0.1, -0.05) is 30.7 Å². The van der Waals surface area contributed by atoms with Crippen LogP contribution in [0, 0.1) is 6.92 Å². The molecule has 156 valence electrons. The van der Waals surface area contributed by atoms with Crippen LogP contribution < -0.4 is 4.90 Å². The Morgan fingerprint density at radius 1 is 1.10 bits per heavy atom. The lowest BCUT2D eigenvalue weighted by molar-refractivity contribution is -0.131. The van der Waals surface area contributed by atoms with E-state index < -0.39 is 0 Å². The third kappa shape index (κ3) is 5.12. The number of furan rings is 1. The van der Waals surface area contributed by atoms with E-state index in [0.717, 1.165) is 30.2 Å². The van der Waals surface area contributed by atoms with Crippen LogP contribution in [0.25, 0.3) is 0 Å². The molecule has 0 unspecified atom stereocenters. The van der Waals surface area contributed by atoms with E-state index in [-0.39, 0.29) is 11.8 Å². The van der Waals surface area contributed by atoms with Gasteiger partial charge >= 0.3 is 0 Å². The number of benzene rings is 1. The van der Waals surface area contributed by atoms with Gasteiger partial charge in [-0.3, -0.25) is 9.59 Å². The first-order chi connectivity index (χ1) is 14.0. The van der Waals surface area contributed by atoms with Crippen molar-refractivity contribution in [3.63, 3.8) is 0 Å². The van der Waals surface area contributed by atoms with Gasteiger partial charge in [0.05, 0.1) is 22.5 Å². The highest BCUT2D eigenvalue weighted by Gasteiger charge is 2.24. The number of halogens is 1. The first-order valence-electron chi connectivity index (χ1n) is 10.1. The van der Waals surface area contributed by atoms with Gasteiger partial charge < -0.3 is 19.1 Å². The lowest BCUT2D eigenvalue weighted by Crippen LogP contribution is -2.49. The molecule has 2 aromatic rings. The van der Waals surface area contributed by atoms with E-state index in [1.54, 1.807) is 17.9 Å². The lowest BCUT2D eigenvalue weighted by Gasteiger charge is -2.36. The van der Waals surface area contributed by atoms with Crippen LogP contribution in [-0.2, 0) is 4.79 Å². The molecule has 0 N–H and O–H groups in total. The summed E-state index contributed by atoms with van der Waals surface area (Å²) < 4.78 is 5.25. The summed E-state index contributed by atoms with van der Waals surface area (Å²) in [6, 6.07) is 9.47. The zero-order valence-corrected chi connectivity index (χ0v) is 17.8. The minimum absolute atomic E-state index is 0.0746. The van der Waals surface area contributed by atoms with E-state index in [2.05, 4.69) is 4.90 Å². The number of piperazine rings is 1. The predicted octanol–water partition coefficient (Wildman–Crippen LogP) is 3.83. The molecular weight excluding hydrogens is 390 g/mol. The molecule has 1 aliphatic rings. The molecule has 7 heteroatoms. The van der Waals surface area contributed by atoms with E-state index in [1.165, 1.54) is 6.26 Å². The van der Waals surface area contributed by atoms with E-state index in [0.29, 0.717) is 43.9 Å². The number of amides is 2. The van der Waals surface area contributed by atoms with Crippen LogP contribution in [0.4, 0.5) is 5.69 Å². The molecule has 0 radical (unpaired) electrons. The lowest BCUT2D eigenvalue weighted by atomic mass is 10.2. The van der Waals surface area contributed by atoms with E-state index >= 15 is 0 Å². The van der Waals surface area contributed by atoms with E-state index in [4.69, 9.17) is 16.0 Å². The number of hydrogen-bond acceptors (Lipinski definition) is 4. The Labute approximate surface area is 177 Å². The summed E-state index contributed by atoms with van der Waals surface area (Å²) in [4.78, 5) is 31.3. The fraction of sp³-hybridized carbons (Fsp3) is 0.455. The molecule has 0 spiro atoms. The molecule has 0 atom stereocenters. The average Bonchev–Trinajstić information content (AvgIpc) is 3.16. The van der Waals surface area contributed by atoms with Crippen molar-refractivity contribution in [2.75, 3.05) is 44.2 Å². The molecule has 1 aromatic heterocycles. The summed E-state index contributed by atoms with van der Waals surface area (Å²) in [5, 5.41) is 0.732. The number of carbonyl (C=O) groups is 2. The molecule has 2 amide bonds. The normalized spacial score (nSPS) is 14.2. The molecule has 3 rings (SSSR count). The van der Waals surface area contributed by atoms with Crippen molar-refractivity contribution in [1.82, 2.24) is 9.80 Å². The summed E-state index contributed by atoms with van der Waals surface area (Å²) in [6.45, 7) is 7.67. The maximum absolute atomic E-state index is 12.8. The molecule has 1 saturated heterocycles. The number of rotatable bonds is 7. The van der Waals surface area contributed by atoms with Crippen molar-refractivity contribution in [2.45, 2.75) is 26.7 Å². The van der Waals surface area contributed by atoms with Gasteiger partial charge in [0.15, 0.2) is 0 Å². The third-order valence-corrected chi connectivity index (χ3v) is 5.61. The van der Waals surface area contributed by atoms with Gasteiger partial charge in [0, 0.05) is 45.7 Å². The standard InChI is InChI=1S/C22H28ClN3O3/c1-3-10-26(22(28)18-9-16-29-17(18)2)11-8-21(27)25-14-12-24(13-15-25)20-7-5-4-6-19(20)23/h4-7,9,16H,3,8,10-15H2,1-2H3. The molecule has 1 aromatic carbocycles. The first-order valence-corrected chi connectivity index (χ1v) is 10.5. The van der Waals surface area contributed by atoms with Crippen molar-refractivity contribution in [2.24, 2.45) is 0 Å². The summed E-state index contributed by atoms with van der Waals surface area (Å²) in [6.07, 6.45) is 2.69. The summed E-state index contributed by atoms with van der Waals surface area (Å²) >= 11 is 6.29. The molecule has 0 aliphatic carbocycles. The van der Waals surface area contributed by atoms with Crippen LogP contribution in [0.3, 0.4) is 0 Å². The Bertz CT molecular complexity index is 843. The fourth-order valence-corrected chi connectivity index (χ4v) is 3.91. The van der Waals surface area contributed by atoms with Crippen LogP contribution in [0.5, 0.6) is 0 Å². The Balaban J connectivity index is 1.53. The van der Waals surface area contributed by atoms with Crippen LogP contribution in [0.1, 0.15) is 35.9 Å². The molecular formula is C22H28ClN3O3. The fourth-order valence-electron chi connectivity index (χ4n) is 3.66. The molecule has 0 saturated carbocycles. The van der Waals surface area contributed by atoms with Crippen LogP contribution in [-0.4, -0.2) is 60.9 Å². The zero-order valence-electron chi connectivity index (χ0n) is 17.1. The van der Waals surface area contributed by atoms with Crippen LogP contribution in [0.2, 0.25) is 5.02 Å². The van der Waals surface area contributed by atoms with Gasteiger partial charge in [-0.25, -0.2) is 0 Å². The minimum atomic E-state index is -0.0746. The number of nitrogens with zero attached hydrogens (tertiary/aromatic N) is 3. The highest BCUT2D eigenvalue weighted by Crippen LogP contribution is 2.26. The van der Waals surface area contributed by atoms with Crippen molar-refractivity contribution in [1.29, 1.82) is 0 Å². The molecule has 2 heterocycles. The Morgan fingerprint density at radius 2 is 1.83 bits per heavy atom. The summed E-state index contributed by atoms with van der Waals surface area (Å²) in [5.74, 6) is 0.620. The predicted molar refractivity (Wildman–Crippen MR) is 115 cm³/mol. The van der Waals surface area contributed by atoms with Gasteiger partial charge in [0.1, 0.15) is 5.76 Å². The van der Waals surface area contributed by atoms with E-state index in [1.807, 2.05) is 36.1 Å². The number of carbonyl (C=O) groups excluding carboxylic acids is 2. The molecule has 29 heavy (non-hydrogen) atoms. The molecule has 1 fully saturated rings.